The largest absolute Gasteiger partial charge is 0.355 e. The zero-order valence-electron chi connectivity index (χ0n) is 11.6. The number of benzene rings is 1. The molecule has 0 saturated heterocycles. The second kappa shape index (κ2) is 7.53. The summed E-state index contributed by atoms with van der Waals surface area (Å²) in [6.45, 7) is 6.44. The minimum atomic E-state index is -0.227. The summed E-state index contributed by atoms with van der Waals surface area (Å²) in [5.74, 6) is -0.0897. The zero-order chi connectivity index (χ0) is 14.3. The number of likely N-dealkylation sites (N-methyl/N-ethyl adjacent to an activating group) is 1. The lowest BCUT2D eigenvalue weighted by atomic mass is 10.2. The van der Waals surface area contributed by atoms with Crippen LogP contribution in [0.2, 0.25) is 0 Å². The number of hydrogen-bond donors (Lipinski definition) is 3. The van der Waals surface area contributed by atoms with Gasteiger partial charge in [-0.15, -0.1) is 0 Å². The molecule has 0 aliphatic heterocycles. The fourth-order valence-electron chi connectivity index (χ4n) is 1.60. The first kappa shape index (κ1) is 15.2. The first-order chi connectivity index (χ1) is 9.02. The lowest BCUT2D eigenvalue weighted by molar-refractivity contribution is -0.122. The summed E-state index contributed by atoms with van der Waals surface area (Å²) in [7, 11) is 0. The van der Waals surface area contributed by atoms with Gasteiger partial charge in [-0.25, -0.2) is 0 Å². The smallest absolute Gasteiger partial charge is 0.236 e. The summed E-state index contributed by atoms with van der Waals surface area (Å²) in [5.41, 5.74) is 1.83. The summed E-state index contributed by atoms with van der Waals surface area (Å²) >= 11 is 0. The zero-order valence-corrected chi connectivity index (χ0v) is 11.6. The van der Waals surface area contributed by atoms with Crippen LogP contribution in [0.25, 0.3) is 0 Å². The van der Waals surface area contributed by atoms with Crippen molar-refractivity contribution in [3.8, 4) is 0 Å². The van der Waals surface area contributed by atoms with Crippen LogP contribution in [0.4, 0.5) is 5.69 Å². The predicted octanol–water partition coefficient (Wildman–Crippen LogP) is 1.26. The molecular weight excluding hydrogens is 242 g/mol. The molecule has 3 N–H and O–H groups in total. The third-order valence-corrected chi connectivity index (χ3v) is 2.63. The molecule has 0 heterocycles. The molecule has 1 aromatic rings. The van der Waals surface area contributed by atoms with E-state index in [0.717, 1.165) is 11.3 Å². The summed E-state index contributed by atoms with van der Waals surface area (Å²) in [5, 5.41) is 8.62. The Balaban J connectivity index is 2.45. The summed E-state index contributed by atoms with van der Waals surface area (Å²) in [4.78, 5) is 22.4. The molecule has 1 rings (SSSR count). The lowest BCUT2D eigenvalue weighted by Crippen LogP contribution is -2.41. The quantitative estimate of drug-likeness (QED) is 0.723. The summed E-state index contributed by atoms with van der Waals surface area (Å²) in [6, 6.07) is 7.30. The lowest BCUT2D eigenvalue weighted by Gasteiger charge is -2.13. The van der Waals surface area contributed by atoms with E-state index in [2.05, 4.69) is 16.0 Å². The van der Waals surface area contributed by atoms with Gasteiger partial charge >= 0.3 is 0 Å². The number of amides is 2. The van der Waals surface area contributed by atoms with Gasteiger partial charge in [-0.05, 0) is 31.5 Å². The van der Waals surface area contributed by atoms with Crippen molar-refractivity contribution in [2.45, 2.75) is 33.4 Å². The van der Waals surface area contributed by atoms with Crippen molar-refractivity contribution in [2.75, 3.05) is 11.9 Å². The maximum absolute atomic E-state index is 11.5. The van der Waals surface area contributed by atoms with Crippen LogP contribution < -0.4 is 16.0 Å². The number of carbonyl (C=O) groups excluding carboxylic acids is 2. The van der Waals surface area contributed by atoms with Gasteiger partial charge in [0.05, 0.1) is 6.04 Å². The van der Waals surface area contributed by atoms with Crippen LogP contribution in [-0.4, -0.2) is 24.4 Å². The van der Waals surface area contributed by atoms with E-state index >= 15 is 0 Å². The minimum absolute atomic E-state index is 0.00244. The summed E-state index contributed by atoms with van der Waals surface area (Å²) < 4.78 is 0. The Morgan fingerprint density at radius 3 is 2.37 bits per heavy atom. The highest BCUT2D eigenvalue weighted by Gasteiger charge is 2.10. The van der Waals surface area contributed by atoms with Crippen LogP contribution in [0.1, 0.15) is 26.3 Å². The van der Waals surface area contributed by atoms with Crippen LogP contribution in [0.15, 0.2) is 24.3 Å². The fourth-order valence-corrected chi connectivity index (χ4v) is 1.60. The number of nitrogens with one attached hydrogen (secondary N) is 3. The molecule has 0 aliphatic carbocycles. The van der Waals surface area contributed by atoms with Gasteiger partial charge in [0.15, 0.2) is 0 Å². The molecule has 0 aromatic heterocycles. The van der Waals surface area contributed by atoms with Crippen molar-refractivity contribution in [3.63, 3.8) is 0 Å². The van der Waals surface area contributed by atoms with Gasteiger partial charge in [-0.1, -0.05) is 12.1 Å². The molecule has 104 valence electrons. The number of carbonyl (C=O) groups is 2. The molecule has 1 aromatic carbocycles. The van der Waals surface area contributed by atoms with Gasteiger partial charge in [0.2, 0.25) is 11.8 Å². The van der Waals surface area contributed by atoms with Crippen LogP contribution in [0, 0.1) is 0 Å². The Morgan fingerprint density at radius 1 is 1.21 bits per heavy atom. The van der Waals surface area contributed by atoms with E-state index in [4.69, 9.17) is 0 Å². The topological polar surface area (TPSA) is 70.2 Å². The van der Waals surface area contributed by atoms with E-state index in [0.29, 0.717) is 13.1 Å². The van der Waals surface area contributed by atoms with Gasteiger partial charge in [0, 0.05) is 25.7 Å². The van der Waals surface area contributed by atoms with E-state index in [1.807, 2.05) is 38.1 Å². The first-order valence-corrected chi connectivity index (χ1v) is 6.40. The molecule has 0 fully saturated rings. The molecule has 19 heavy (non-hydrogen) atoms. The molecule has 5 heteroatoms. The van der Waals surface area contributed by atoms with Gasteiger partial charge in [-0.2, -0.15) is 0 Å². The van der Waals surface area contributed by atoms with Gasteiger partial charge in [0.1, 0.15) is 0 Å². The van der Waals surface area contributed by atoms with Crippen LogP contribution in [-0.2, 0) is 16.1 Å². The second-order valence-corrected chi connectivity index (χ2v) is 4.38. The minimum Gasteiger partial charge on any atom is -0.355 e. The normalized spacial score (nSPS) is 11.7. The summed E-state index contributed by atoms with van der Waals surface area (Å²) in [6.07, 6.45) is 0. The highest BCUT2D eigenvalue weighted by Crippen LogP contribution is 2.09. The Labute approximate surface area is 113 Å². The molecule has 0 spiro atoms. The van der Waals surface area contributed by atoms with Gasteiger partial charge in [-0.3, -0.25) is 9.59 Å². The monoisotopic (exact) mass is 263 g/mol. The van der Waals surface area contributed by atoms with Crippen molar-refractivity contribution in [1.82, 2.24) is 10.6 Å². The highest BCUT2D eigenvalue weighted by molar-refractivity contribution is 5.88. The second-order valence-electron chi connectivity index (χ2n) is 4.38. The number of anilines is 1. The van der Waals surface area contributed by atoms with E-state index < -0.39 is 0 Å². The average molecular weight is 263 g/mol. The molecular formula is C14H21N3O2. The Hall–Kier alpha value is -1.88. The molecule has 1 atom stereocenters. The molecule has 5 nitrogen and oxygen atoms in total. The van der Waals surface area contributed by atoms with Gasteiger partial charge in [0.25, 0.3) is 0 Å². The van der Waals surface area contributed by atoms with Crippen molar-refractivity contribution in [1.29, 1.82) is 0 Å². The Bertz CT molecular complexity index is 429. The highest BCUT2D eigenvalue weighted by atomic mass is 16.2. The molecule has 0 radical (unpaired) electrons. The van der Waals surface area contributed by atoms with E-state index in [-0.39, 0.29) is 17.9 Å². The number of hydrogen-bond acceptors (Lipinski definition) is 3. The van der Waals surface area contributed by atoms with Crippen molar-refractivity contribution >= 4 is 17.5 Å². The fraction of sp³-hybridized carbons (Fsp3) is 0.429. The maximum Gasteiger partial charge on any atom is 0.236 e. The molecule has 1 unspecified atom stereocenters. The van der Waals surface area contributed by atoms with Crippen molar-refractivity contribution in [3.05, 3.63) is 29.8 Å². The molecule has 0 aliphatic rings. The average Bonchev–Trinajstić information content (AvgIpc) is 2.37. The van der Waals surface area contributed by atoms with Crippen LogP contribution >= 0.6 is 0 Å². The molecule has 0 saturated carbocycles. The van der Waals surface area contributed by atoms with Gasteiger partial charge < -0.3 is 16.0 Å². The molecule has 2 amide bonds. The van der Waals surface area contributed by atoms with Crippen LogP contribution in [0.3, 0.4) is 0 Å². The standard InChI is InChI=1S/C14H21N3O2/c1-4-15-14(19)10(2)16-9-12-5-7-13(8-6-12)17-11(3)18/h5-8,10,16H,4,9H2,1-3H3,(H,15,19)(H,17,18). The van der Waals surface area contributed by atoms with Crippen molar-refractivity contribution < 1.29 is 9.59 Å². The first-order valence-electron chi connectivity index (χ1n) is 6.40. The Kier molecular flexibility index (Phi) is 6.02. The predicted molar refractivity (Wildman–Crippen MR) is 75.7 cm³/mol. The van der Waals surface area contributed by atoms with Crippen molar-refractivity contribution in [2.24, 2.45) is 0 Å². The SMILES string of the molecule is CCNC(=O)C(C)NCc1ccc(NC(C)=O)cc1. The molecule has 0 bridgehead atoms. The van der Waals surface area contributed by atoms with E-state index in [1.165, 1.54) is 6.92 Å². The number of rotatable bonds is 6. The third kappa shape index (κ3) is 5.52. The third-order valence-electron chi connectivity index (χ3n) is 2.63. The van der Waals surface area contributed by atoms with E-state index in [9.17, 15) is 9.59 Å². The van der Waals surface area contributed by atoms with E-state index in [1.54, 1.807) is 0 Å². The Morgan fingerprint density at radius 2 is 1.84 bits per heavy atom. The van der Waals surface area contributed by atoms with Crippen LogP contribution in [0.5, 0.6) is 0 Å². The maximum atomic E-state index is 11.5.